The van der Waals surface area contributed by atoms with Gasteiger partial charge in [0.15, 0.2) is 5.78 Å². The van der Waals surface area contributed by atoms with Crippen LogP contribution < -0.4 is 9.03 Å². The molecule has 7 nitrogen and oxygen atoms in total. The number of hydrogen-bond donors (Lipinski definition) is 2. The molecule has 0 aromatic heterocycles. The molecule has 0 amide bonds. The summed E-state index contributed by atoms with van der Waals surface area (Å²) in [6.07, 6.45) is 8.13. The molecule has 1 aliphatic carbocycles. The molecule has 1 saturated heterocycles. The van der Waals surface area contributed by atoms with Crippen LogP contribution in [0.5, 0.6) is 5.75 Å². The van der Waals surface area contributed by atoms with Gasteiger partial charge in [0.25, 0.3) is 0 Å². The first-order valence-corrected chi connectivity index (χ1v) is 10.6. The number of rotatable bonds is 6. The molecule has 0 spiro atoms. The fourth-order valence-corrected chi connectivity index (χ4v) is 4.92. The second-order valence-electron chi connectivity index (χ2n) is 7.61. The highest BCUT2D eigenvalue weighted by molar-refractivity contribution is 7.91. The summed E-state index contributed by atoms with van der Waals surface area (Å²) >= 11 is 0. The van der Waals surface area contributed by atoms with E-state index in [1.807, 2.05) is 19.9 Å². The maximum absolute atomic E-state index is 12.1. The van der Waals surface area contributed by atoms with E-state index < -0.39 is 21.7 Å². The van der Waals surface area contributed by atoms with Gasteiger partial charge in [-0.05, 0) is 56.9 Å². The van der Waals surface area contributed by atoms with Crippen LogP contribution in [0, 0.1) is 5.41 Å². The fraction of sp³-hybridized carbons (Fsp3) is 0.400. The van der Waals surface area contributed by atoms with Gasteiger partial charge in [0.1, 0.15) is 12.0 Å². The van der Waals surface area contributed by atoms with Crippen molar-refractivity contribution >= 4 is 28.0 Å². The number of carbonyl (C=O) groups excluding carboxylic acids is 2. The SMILES string of the molecule is CC1(C)C(=O)C=CC=C1CCCc1ccc(N2CC(C=O)NS2(=O)=O)c(O)c1. The van der Waals surface area contributed by atoms with Crippen molar-refractivity contribution in [1.82, 2.24) is 4.72 Å². The number of hydrogen-bond acceptors (Lipinski definition) is 5. The second-order valence-corrected chi connectivity index (χ2v) is 9.24. The van der Waals surface area contributed by atoms with Gasteiger partial charge in [0, 0.05) is 5.41 Å². The van der Waals surface area contributed by atoms with Crippen LogP contribution in [-0.4, -0.2) is 38.2 Å². The minimum Gasteiger partial charge on any atom is -0.506 e. The predicted molar refractivity (Wildman–Crippen MR) is 106 cm³/mol. The molecular weight excluding hydrogens is 380 g/mol. The van der Waals surface area contributed by atoms with Gasteiger partial charge in [-0.1, -0.05) is 23.8 Å². The van der Waals surface area contributed by atoms with Crippen molar-refractivity contribution < 1.29 is 23.1 Å². The molecule has 1 aliphatic heterocycles. The molecule has 150 valence electrons. The van der Waals surface area contributed by atoms with Crippen LogP contribution in [0.15, 0.2) is 42.0 Å². The molecule has 1 aromatic rings. The van der Waals surface area contributed by atoms with Crippen molar-refractivity contribution in [2.24, 2.45) is 5.41 Å². The first-order chi connectivity index (χ1) is 13.1. The summed E-state index contributed by atoms with van der Waals surface area (Å²) in [6, 6.07) is 4.04. The summed E-state index contributed by atoms with van der Waals surface area (Å²) in [5.41, 5.74) is 1.60. The molecule has 1 heterocycles. The molecular formula is C20H24N2O5S. The lowest BCUT2D eigenvalue weighted by Gasteiger charge is -2.27. The molecule has 1 atom stereocenters. The van der Waals surface area contributed by atoms with Crippen molar-refractivity contribution in [2.45, 2.75) is 39.2 Å². The molecule has 8 heteroatoms. The van der Waals surface area contributed by atoms with Crippen molar-refractivity contribution in [3.63, 3.8) is 0 Å². The highest BCUT2D eigenvalue weighted by Gasteiger charge is 2.36. The van der Waals surface area contributed by atoms with Crippen LogP contribution in [0.3, 0.4) is 0 Å². The number of aromatic hydroxyl groups is 1. The molecule has 0 bridgehead atoms. The Labute approximate surface area is 164 Å². The largest absolute Gasteiger partial charge is 0.506 e. The number of nitrogens with one attached hydrogen (secondary N) is 1. The summed E-state index contributed by atoms with van der Waals surface area (Å²) in [7, 11) is -3.84. The molecule has 2 aliphatic rings. The van der Waals surface area contributed by atoms with E-state index >= 15 is 0 Å². The maximum Gasteiger partial charge on any atom is 0.302 e. The number of aryl methyl sites for hydroxylation is 1. The van der Waals surface area contributed by atoms with Crippen LogP contribution >= 0.6 is 0 Å². The van der Waals surface area contributed by atoms with E-state index in [1.54, 1.807) is 30.4 Å². The molecule has 2 N–H and O–H groups in total. The number of benzene rings is 1. The zero-order chi connectivity index (χ0) is 20.5. The molecule has 1 aromatic carbocycles. The quantitative estimate of drug-likeness (QED) is 0.706. The Morgan fingerprint density at radius 3 is 2.71 bits per heavy atom. The number of nitrogens with zero attached hydrogens (tertiary/aromatic N) is 1. The Kier molecular flexibility index (Phi) is 5.45. The van der Waals surface area contributed by atoms with Gasteiger partial charge in [-0.3, -0.25) is 9.10 Å². The van der Waals surface area contributed by atoms with Gasteiger partial charge < -0.3 is 9.90 Å². The minimum absolute atomic E-state index is 0.0521. The molecule has 0 saturated carbocycles. The summed E-state index contributed by atoms with van der Waals surface area (Å²) < 4.78 is 27.4. The lowest BCUT2D eigenvalue weighted by molar-refractivity contribution is -0.120. The zero-order valence-corrected chi connectivity index (χ0v) is 16.7. The van der Waals surface area contributed by atoms with E-state index in [4.69, 9.17) is 0 Å². The summed E-state index contributed by atoms with van der Waals surface area (Å²) in [5, 5.41) is 10.3. The van der Waals surface area contributed by atoms with E-state index in [0.29, 0.717) is 12.7 Å². The topological polar surface area (TPSA) is 104 Å². The highest BCUT2D eigenvalue weighted by Crippen LogP contribution is 2.35. The summed E-state index contributed by atoms with van der Waals surface area (Å²) in [4.78, 5) is 22.9. The highest BCUT2D eigenvalue weighted by atomic mass is 32.2. The van der Waals surface area contributed by atoms with E-state index in [-0.39, 0.29) is 23.8 Å². The lowest BCUT2D eigenvalue weighted by Crippen LogP contribution is -2.30. The van der Waals surface area contributed by atoms with Crippen molar-refractivity contribution in [3.05, 3.63) is 47.6 Å². The standard InChI is InChI=1S/C20H24N2O5S/c1-20(2)15(7-4-8-19(20)25)6-3-5-14-9-10-17(18(24)11-14)22-12-16(13-23)21-28(22,26)27/h4,7-11,13,16,21,24H,3,5-6,12H2,1-2H3. The van der Waals surface area contributed by atoms with E-state index in [2.05, 4.69) is 4.72 Å². The third kappa shape index (κ3) is 3.88. The number of ketones is 1. The Hall–Kier alpha value is -2.45. The maximum atomic E-state index is 12.1. The Bertz CT molecular complexity index is 963. The molecule has 28 heavy (non-hydrogen) atoms. The van der Waals surface area contributed by atoms with E-state index in [1.165, 1.54) is 0 Å². The van der Waals surface area contributed by atoms with Crippen molar-refractivity contribution in [2.75, 3.05) is 10.8 Å². The van der Waals surface area contributed by atoms with Gasteiger partial charge in [0.2, 0.25) is 0 Å². The predicted octanol–water partition coefficient (Wildman–Crippen LogP) is 2.03. The lowest BCUT2D eigenvalue weighted by atomic mass is 9.75. The number of anilines is 1. The van der Waals surface area contributed by atoms with Gasteiger partial charge in [-0.2, -0.15) is 13.1 Å². The van der Waals surface area contributed by atoms with Gasteiger partial charge in [-0.25, -0.2) is 0 Å². The van der Waals surface area contributed by atoms with Crippen LogP contribution in [0.25, 0.3) is 0 Å². The number of carbonyl (C=O) groups is 2. The zero-order valence-electron chi connectivity index (χ0n) is 15.9. The molecule has 0 radical (unpaired) electrons. The Morgan fingerprint density at radius 2 is 2.07 bits per heavy atom. The summed E-state index contributed by atoms with van der Waals surface area (Å²) in [6.45, 7) is 3.79. The van der Waals surface area contributed by atoms with Crippen molar-refractivity contribution in [1.29, 1.82) is 0 Å². The number of allylic oxidation sites excluding steroid dienone is 4. The van der Waals surface area contributed by atoms with E-state index in [9.17, 15) is 23.1 Å². The third-order valence-electron chi connectivity index (χ3n) is 5.30. The monoisotopic (exact) mass is 404 g/mol. The molecule has 1 fully saturated rings. The normalized spacial score (nSPS) is 22.9. The first-order valence-electron chi connectivity index (χ1n) is 9.14. The Balaban J connectivity index is 1.67. The van der Waals surface area contributed by atoms with Crippen molar-refractivity contribution in [3.8, 4) is 5.75 Å². The van der Waals surface area contributed by atoms with Gasteiger partial charge in [-0.15, -0.1) is 0 Å². The number of phenols is 1. The Morgan fingerprint density at radius 1 is 1.32 bits per heavy atom. The average Bonchev–Trinajstić information content (AvgIpc) is 2.93. The van der Waals surface area contributed by atoms with Crippen LogP contribution in [0.2, 0.25) is 0 Å². The smallest absolute Gasteiger partial charge is 0.302 e. The van der Waals surface area contributed by atoms with Crippen LogP contribution in [0.1, 0.15) is 32.3 Å². The number of aldehydes is 1. The van der Waals surface area contributed by atoms with Gasteiger partial charge >= 0.3 is 10.2 Å². The first kappa shape index (κ1) is 20.3. The average molecular weight is 404 g/mol. The van der Waals surface area contributed by atoms with Crippen LogP contribution in [0.4, 0.5) is 5.69 Å². The van der Waals surface area contributed by atoms with Gasteiger partial charge in [0.05, 0.1) is 18.3 Å². The minimum atomic E-state index is -3.84. The van der Waals surface area contributed by atoms with Crippen LogP contribution in [-0.2, 0) is 26.2 Å². The molecule has 1 unspecified atom stereocenters. The number of phenolic OH excluding ortho intramolecular Hbond substituents is 1. The fourth-order valence-electron chi connectivity index (χ4n) is 3.51. The van der Waals surface area contributed by atoms with E-state index in [0.717, 1.165) is 28.3 Å². The summed E-state index contributed by atoms with van der Waals surface area (Å²) in [5.74, 6) is -0.0502. The third-order valence-corrected chi connectivity index (χ3v) is 6.83. The molecule has 3 rings (SSSR count). The second kappa shape index (κ2) is 7.52.